The maximum absolute atomic E-state index is 4.58. The molecule has 0 spiro atoms. The highest BCUT2D eigenvalue weighted by Gasteiger charge is 2.34. The van der Waals surface area contributed by atoms with Gasteiger partial charge in [-0.2, -0.15) is 5.10 Å². The average molecular weight is 278 g/mol. The lowest BCUT2D eigenvalue weighted by Gasteiger charge is -2.45. The van der Waals surface area contributed by atoms with E-state index in [0.29, 0.717) is 17.5 Å². The van der Waals surface area contributed by atoms with E-state index in [1.54, 1.807) is 0 Å². The standard InChI is InChI=1S/C16H30N4/c1-7-20-14(8-12(2)18-20)11-19-10-13(3)17-9-15(19)16(4,5)6/h8,13,15,17H,7,9-11H2,1-6H3. The van der Waals surface area contributed by atoms with Crippen molar-refractivity contribution in [2.24, 2.45) is 5.41 Å². The number of aromatic nitrogens is 2. The van der Waals surface area contributed by atoms with Crippen LogP contribution in [0, 0.1) is 12.3 Å². The van der Waals surface area contributed by atoms with Crippen LogP contribution in [0.4, 0.5) is 0 Å². The van der Waals surface area contributed by atoms with Crippen LogP contribution >= 0.6 is 0 Å². The highest BCUT2D eigenvalue weighted by atomic mass is 15.3. The van der Waals surface area contributed by atoms with Crippen molar-refractivity contribution in [3.63, 3.8) is 0 Å². The van der Waals surface area contributed by atoms with E-state index in [2.05, 4.69) is 67.6 Å². The van der Waals surface area contributed by atoms with Gasteiger partial charge in [0.15, 0.2) is 0 Å². The molecule has 2 rings (SSSR count). The zero-order chi connectivity index (χ0) is 14.9. The Morgan fingerprint density at radius 3 is 2.70 bits per heavy atom. The maximum Gasteiger partial charge on any atom is 0.0597 e. The van der Waals surface area contributed by atoms with Gasteiger partial charge < -0.3 is 5.32 Å². The molecule has 1 fully saturated rings. The van der Waals surface area contributed by atoms with Gasteiger partial charge in [0.1, 0.15) is 0 Å². The summed E-state index contributed by atoms with van der Waals surface area (Å²) in [6, 6.07) is 3.36. The molecule has 2 atom stereocenters. The summed E-state index contributed by atoms with van der Waals surface area (Å²) in [7, 11) is 0. The maximum atomic E-state index is 4.58. The highest BCUT2D eigenvalue weighted by Crippen LogP contribution is 2.27. The van der Waals surface area contributed by atoms with Crippen LogP contribution in [-0.2, 0) is 13.1 Å². The molecule has 1 aromatic rings. The van der Waals surface area contributed by atoms with Crippen molar-refractivity contribution in [2.75, 3.05) is 13.1 Å². The molecule has 0 amide bonds. The summed E-state index contributed by atoms with van der Waals surface area (Å²) >= 11 is 0. The average Bonchev–Trinajstić information content (AvgIpc) is 2.68. The summed E-state index contributed by atoms with van der Waals surface area (Å²) in [4.78, 5) is 2.63. The van der Waals surface area contributed by atoms with Crippen molar-refractivity contribution in [1.82, 2.24) is 20.0 Å². The Balaban J connectivity index is 2.18. The van der Waals surface area contributed by atoms with Crippen molar-refractivity contribution < 1.29 is 0 Å². The molecule has 2 unspecified atom stereocenters. The molecule has 0 bridgehead atoms. The van der Waals surface area contributed by atoms with Crippen molar-refractivity contribution in [2.45, 2.75) is 66.7 Å². The molecular weight excluding hydrogens is 248 g/mol. The minimum atomic E-state index is 0.291. The first-order valence-corrected chi connectivity index (χ1v) is 7.82. The Morgan fingerprint density at radius 1 is 1.40 bits per heavy atom. The Labute approximate surface area is 123 Å². The number of piperazine rings is 1. The van der Waals surface area contributed by atoms with Crippen LogP contribution in [0.25, 0.3) is 0 Å². The lowest BCUT2D eigenvalue weighted by molar-refractivity contribution is 0.0505. The van der Waals surface area contributed by atoms with Crippen LogP contribution in [0.3, 0.4) is 0 Å². The molecule has 1 aliphatic heterocycles. The van der Waals surface area contributed by atoms with Gasteiger partial charge in [-0.3, -0.25) is 9.58 Å². The van der Waals surface area contributed by atoms with Gasteiger partial charge in [-0.05, 0) is 32.3 Å². The third kappa shape index (κ3) is 3.41. The van der Waals surface area contributed by atoms with Gasteiger partial charge in [0.2, 0.25) is 0 Å². The van der Waals surface area contributed by atoms with Crippen LogP contribution in [0.1, 0.15) is 46.0 Å². The highest BCUT2D eigenvalue weighted by molar-refractivity contribution is 5.10. The van der Waals surface area contributed by atoms with E-state index in [1.807, 2.05) is 0 Å². The van der Waals surface area contributed by atoms with E-state index in [4.69, 9.17) is 0 Å². The smallest absolute Gasteiger partial charge is 0.0597 e. The van der Waals surface area contributed by atoms with Gasteiger partial charge >= 0.3 is 0 Å². The van der Waals surface area contributed by atoms with Crippen molar-refractivity contribution in [1.29, 1.82) is 0 Å². The first-order chi connectivity index (χ1) is 9.31. The van der Waals surface area contributed by atoms with Gasteiger partial charge in [-0.25, -0.2) is 0 Å². The summed E-state index contributed by atoms with van der Waals surface area (Å²) in [5.41, 5.74) is 2.75. The minimum Gasteiger partial charge on any atom is -0.311 e. The van der Waals surface area contributed by atoms with E-state index in [1.165, 1.54) is 5.69 Å². The molecule has 0 aromatic carbocycles. The van der Waals surface area contributed by atoms with Gasteiger partial charge in [0.05, 0.1) is 11.4 Å². The van der Waals surface area contributed by atoms with Crippen molar-refractivity contribution in [3.05, 3.63) is 17.5 Å². The first-order valence-electron chi connectivity index (χ1n) is 7.82. The van der Waals surface area contributed by atoms with Gasteiger partial charge in [0, 0.05) is 38.3 Å². The third-order valence-electron chi connectivity index (χ3n) is 4.26. The molecule has 20 heavy (non-hydrogen) atoms. The molecule has 114 valence electrons. The van der Waals surface area contributed by atoms with Gasteiger partial charge in [0.25, 0.3) is 0 Å². The molecule has 1 N–H and O–H groups in total. The number of hydrogen-bond donors (Lipinski definition) is 1. The van der Waals surface area contributed by atoms with E-state index in [0.717, 1.165) is 31.9 Å². The van der Waals surface area contributed by atoms with E-state index in [9.17, 15) is 0 Å². The van der Waals surface area contributed by atoms with Gasteiger partial charge in [-0.1, -0.05) is 20.8 Å². The van der Waals surface area contributed by atoms with Crippen LogP contribution in [0.15, 0.2) is 6.07 Å². The number of rotatable bonds is 3. The second kappa shape index (κ2) is 5.86. The number of hydrogen-bond acceptors (Lipinski definition) is 3. The largest absolute Gasteiger partial charge is 0.311 e. The Bertz CT molecular complexity index is 444. The van der Waals surface area contributed by atoms with E-state index < -0.39 is 0 Å². The summed E-state index contributed by atoms with van der Waals surface area (Å²) in [5.74, 6) is 0. The Kier molecular flexibility index (Phi) is 4.55. The number of nitrogens with one attached hydrogen (secondary N) is 1. The molecule has 0 saturated carbocycles. The molecule has 2 heterocycles. The summed E-state index contributed by atoms with van der Waals surface area (Å²) in [6.07, 6.45) is 0. The second-order valence-corrected chi connectivity index (χ2v) is 7.21. The topological polar surface area (TPSA) is 33.1 Å². The Morgan fingerprint density at radius 2 is 2.10 bits per heavy atom. The third-order valence-corrected chi connectivity index (χ3v) is 4.26. The van der Waals surface area contributed by atoms with Crippen LogP contribution in [0.2, 0.25) is 0 Å². The Hall–Kier alpha value is -0.870. The predicted molar refractivity (Wildman–Crippen MR) is 83.8 cm³/mol. The predicted octanol–water partition coefficient (Wildman–Crippen LogP) is 2.42. The molecule has 4 heteroatoms. The number of nitrogens with zero attached hydrogens (tertiary/aromatic N) is 3. The minimum absolute atomic E-state index is 0.291. The summed E-state index contributed by atoms with van der Waals surface area (Å²) in [5, 5.41) is 8.20. The molecule has 0 radical (unpaired) electrons. The quantitative estimate of drug-likeness (QED) is 0.922. The normalized spacial score (nSPS) is 25.1. The van der Waals surface area contributed by atoms with E-state index >= 15 is 0 Å². The van der Waals surface area contributed by atoms with Crippen LogP contribution in [-0.4, -0.2) is 39.9 Å². The zero-order valence-electron chi connectivity index (χ0n) is 13.9. The monoisotopic (exact) mass is 278 g/mol. The zero-order valence-corrected chi connectivity index (χ0v) is 13.9. The molecule has 0 aliphatic carbocycles. The van der Waals surface area contributed by atoms with Gasteiger partial charge in [-0.15, -0.1) is 0 Å². The second-order valence-electron chi connectivity index (χ2n) is 7.21. The lowest BCUT2D eigenvalue weighted by atomic mass is 9.84. The van der Waals surface area contributed by atoms with Crippen LogP contribution in [0.5, 0.6) is 0 Å². The molecule has 1 saturated heterocycles. The fraction of sp³-hybridized carbons (Fsp3) is 0.812. The van der Waals surface area contributed by atoms with Crippen LogP contribution < -0.4 is 5.32 Å². The molecular formula is C16H30N4. The molecule has 4 nitrogen and oxygen atoms in total. The molecule has 1 aromatic heterocycles. The number of aryl methyl sites for hydroxylation is 2. The summed E-state index contributed by atoms with van der Waals surface area (Å²) < 4.78 is 2.14. The van der Waals surface area contributed by atoms with Crippen molar-refractivity contribution >= 4 is 0 Å². The fourth-order valence-corrected chi connectivity index (χ4v) is 3.22. The lowest BCUT2D eigenvalue weighted by Crippen LogP contribution is -2.59. The molecule has 1 aliphatic rings. The summed E-state index contributed by atoms with van der Waals surface area (Å²) in [6.45, 7) is 17.7. The fourth-order valence-electron chi connectivity index (χ4n) is 3.22. The first kappa shape index (κ1) is 15.5. The van der Waals surface area contributed by atoms with Crippen molar-refractivity contribution in [3.8, 4) is 0 Å². The van der Waals surface area contributed by atoms with E-state index in [-0.39, 0.29) is 0 Å². The SMILES string of the molecule is CCn1nc(C)cc1CN1CC(C)NCC1C(C)(C)C.